The van der Waals surface area contributed by atoms with E-state index in [1.807, 2.05) is 0 Å². The third kappa shape index (κ3) is 11.6. The molecule has 35 heavy (non-hydrogen) atoms. The fourth-order valence-corrected chi connectivity index (χ4v) is 3.52. The molecule has 7 nitrogen and oxygen atoms in total. The lowest BCUT2D eigenvalue weighted by Gasteiger charge is -2.09. The number of carbonyl (C=O) groups is 2. The Labute approximate surface area is 207 Å². The Bertz CT molecular complexity index is 892. The molecule has 1 radical (unpaired) electrons. The number of esters is 2. The number of unbranched alkanes of at least 4 members (excludes halogenated alkanes) is 9. The molecular weight excluding hydrogens is 448 g/mol. The van der Waals surface area contributed by atoms with Crippen LogP contribution < -0.4 is 14.2 Å². The summed E-state index contributed by atoms with van der Waals surface area (Å²) in [5.74, 6) is -0.539. The first-order valence-corrected chi connectivity index (χ1v) is 12.4. The minimum Gasteiger partial charge on any atom is -0.494 e. The van der Waals surface area contributed by atoms with Crippen molar-refractivity contribution in [2.45, 2.75) is 71.1 Å². The average Bonchev–Trinajstić information content (AvgIpc) is 2.87. The zero-order chi connectivity index (χ0) is 25.1. The van der Waals surface area contributed by atoms with E-state index in [9.17, 15) is 14.4 Å². The molecule has 7 heteroatoms. The summed E-state index contributed by atoms with van der Waals surface area (Å²) in [6.07, 6.45) is 12.7. The molecule has 0 aromatic heterocycles. The maximum absolute atomic E-state index is 12.1. The molecule has 0 aliphatic heterocycles. The molecule has 189 valence electrons. The number of carbonyl (C=O) groups excluding carboxylic acids is 3. The summed E-state index contributed by atoms with van der Waals surface area (Å²) in [5.41, 5.74) is 0.00700. The number of hydrogen-bond donors (Lipinski definition) is 0. The smallest absolute Gasteiger partial charge is 0.423 e. The molecule has 0 aliphatic rings. The van der Waals surface area contributed by atoms with Crippen molar-refractivity contribution >= 4 is 18.4 Å². The van der Waals surface area contributed by atoms with Crippen LogP contribution in [0.3, 0.4) is 0 Å². The number of para-hydroxylation sites is 1. The second-order valence-electron chi connectivity index (χ2n) is 8.23. The highest BCUT2D eigenvalue weighted by molar-refractivity contribution is 5.94. The predicted molar refractivity (Wildman–Crippen MR) is 132 cm³/mol. The first-order chi connectivity index (χ1) is 17.1. The average molecular weight is 484 g/mol. The van der Waals surface area contributed by atoms with E-state index in [0.29, 0.717) is 18.1 Å². The Morgan fingerprint density at radius 1 is 0.771 bits per heavy atom. The topological polar surface area (TPSA) is 88.1 Å². The molecule has 0 fully saturated rings. The van der Waals surface area contributed by atoms with Gasteiger partial charge < -0.3 is 18.9 Å². The van der Waals surface area contributed by atoms with E-state index in [1.54, 1.807) is 36.4 Å². The van der Waals surface area contributed by atoms with E-state index in [1.165, 1.54) is 70.0 Å². The van der Waals surface area contributed by atoms with Crippen LogP contribution in [0.4, 0.5) is 0 Å². The van der Waals surface area contributed by atoms with Crippen LogP contribution in [0, 0.1) is 0 Å². The summed E-state index contributed by atoms with van der Waals surface area (Å²) in [6, 6.07) is 12.7. The summed E-state index contributed by atoms with van der Waals surface area (Å²) in [6.45, 7) is 3.56. The SMILES string of the molecule is CCCCCCCCCCCCOc1ccc(OC(=O)COC(=O)c2ccccc2O[C]=O)cc1. The molecule has 2 rings (SSSR count). The van der Waals surface area contributed by atoms with Crippen molar-refractivity contribution in [2.75, 3.05) is 13.2 Å². The molecule has 0 atom stereocenters. The third-order valence-electron chi connectivity index (χ3n) is 5.40. The molecule has 0 amide bonds. The molecule has 0 bridgehead atoms. The Hall–Kier alpha value is -3.35. The highest BCUT2D eigenvalue weighted by atomic mass is 16.6. The minimum atomic E-state index is -0.816. The van der Waals surface area contributed by atoms with Crippen LogP contribution in [0.2, 0.25) is 0 Å². The minimum absolute atomic E-state index is 0.00531. The quantitative estimate of drug-likeness (QED) is 0.142. The maximum atomic E-state index is 12.1. The summed E-state index contributed by atoms with van der Waals surface area (Å²) < 4.78 is 20.5. The van der Waals surface area contributed by atoms with Gasteiger partial charge in [-0.15, -0.1) is 0 Å². The van der Waals surface area contributed by atoms with Crippen LogP contribution in [-0.4, -0.2) is 31.6 Å². The zero-order valence-corrected chi connectivity index (χ0v) is 20.5. The molecule has 0 aliphatic carbocycles. The van der Waals surface area contributed by atoms with Crippen molar-refractivity contribution in [3.05, 3.63) is 54.1 Å². The van der Waals surface area contributed by atoms with Gasteiger partial charge in [0.15, 0.2) is 6.61 Å². The lowest BCUT2D eigenvalue weighted by atomic mass is 10.1. The molecule has 0 saturated heterocycles. The van der Waals surface area contributed by atoms with Gasteiger partial charge >= 0.3 is 18.4 Å². The van der Waals surface area contributed by atoms with Gasteiger partial charge in [0, 0.05) is 0 Å². The van der Waals surface area contributed by atoms with Crippen LogP contribution in [0.25, 0.3) is 0 Å². The van der Waals surface area contributed by atoms with Gasteiger partial charge in [0.2, 0.25) is 0 Å². The Morgan fingerprint density at radius 2 is 1.37 bits per heavy atom. The predicted octanol–water partition coefficient (Wildman–Crippen LogP) is 6.19. The second-order valence-corrected chi connectivity index (χ2v) is 8.23. The Kier molecular flexibility index (Phi) is 13.7. The van der Waals surface area contributed by atoms with Gasteiger partial charge in [-0.3, -0.25) is 0 Å². The fraction of sp³-hybridized carbons (Fsp3) is 0.464. The Balaban J connectivity index is 1.59. The third-order valence-corrected chi connectivity index (χ3v) is 5.40. The van der Waals surface area contributed by atoms with Crippen LogP contribution in [0.5, 0.6) is 17.2 Å². The van der Waals surface area contributed by atoms with E-state index >= 15 is 0 Å². The number of ether oxygens (including phenoxy) is 4. The first-order valence-electron chi connectivity index (χ1n) is 12.4. The Morgan fingerprint density at radius 3 is 2.03 bits per heavy atom. The van der Waals surface area contributed by atoms with Gasteiger partial charge in [-0.2, -0.15) is 0 Å². The summed E-state index contributed by atoms with van der Waals surface area (Å²) >= 11 is 0. The van der Waals surface area contributed by atoms with Gasteiger partial charge in [-0.1, -0.05) is 76.8 Å². The van der Waals surface area contributed by atoms with Gasteiger partial charge in [-0.25, -0.2) is 14.4 Å². The highest BCUT2D eigenvalue weighted by Crippen LogP contribution is 2.20. The summed E-state index contributed by atoms with van der Waals surface area (Å²) in [5, 5.41) is 0. The van der Waals surface area contributed by atoms with E-state index in [0.717, 1.165) is 12.8 Å². The van der Waals surface area contributed by atoms with Crippen molar-refractivity contribution in [1.82, 2.24) is 0 Å². The lowest BCUT2D eigenvalue weighted by molar-refractivity contribution is -0.137. The molecule has 2 aromatic rings. The van der Waals surface area contributed by atoms with Crippen LogP contribution >= 0.6 is 0 Å². The molecular formula is C28H35O7. The largest absolute Gasteiger partial charge is 0.494 e. The molecule has 0 saturated carbocycles. The molecule has 0 N–H and O–H groups in total. The van der Waals surface area contributed by atoms with Gasteiger partial charge in [0.05, 0.1) is 6.61 Å². The molecule has 2 aromatic carbocycles. The van der Waals surface area contributed by atoms with Crippen LogP contribution in [-0.2, 0) is 14.3 Å². The standard InChI is InChI=1S/C28H35O7/c1-2-3-4-5-6-7-8-9-10-13-20-32-23-16-18-24(19-17-23)35-27(30)21-33-28(31)25-14-11-12-15-26(25)34-22-29/h11-12,14-19H,2-10,13,20-21H2,1H3. The van der Waals surface area contributed by atoms with Crippen molar-refractivity contribution in [2.24, 2.45) is 0 Å². The van der Waals surface area contributed by atoms with Crippen molar-refractivity contribution in [3.8, 4) is 17.2 Å². The highest BCUT2D eigenvalue weighted by Gasteiger charge is 2.16. The summed E-state index contributed by atoms with van der Waals surface area (Å²) in [7, 11) is 0. The monoisotopic (exact) mass is 483 g/mol. The van der Waals surface area contributed by atoms with Crippen LogP contribution in [0.15, 0.2) is 48.5 Å². The van der Waals surface area contributed by atoms with Gasteiger partial charge in [0.25, 0.3) is 0 Å². The van der Waals surface area contributed by atoms with Gasteiger partial charge in [0.1, 0.15) is 22.8 Å². The van der Waals surface area contributed by atoms with E-state index in [4.69, 9.17) is 14.2 Å². The zero-order valence-electron chi connectivity index (χ0n) is 20.5. The van der Waals surface area contributed by atoms with Gasteiger partial charge in [-0.05, 0) is 42.8 Å². The van der Waals surface area contributed by atoms with Crippen molar-refractivity contribution in [1.29, 1.82) is 0 Å². The molecule has 0 unspecified atom stereocenters. The molecule has 0 heterocycles. The maximum Gasteiger partial charge on any atom is 0.423 e. The number of benzene rings is 2. The normalized spacial score (nSPS) is 10.4. The van der Waals surface area contributed by atoms with E-state index in [-0.39, 0.29) is 11.3 Å². The second kappa shape index (κ2) is 17.1. The van der Waals surface area contributed by atoms with Crippen molar-refractivity contribution in [3.63, 3.8) is 0 Å². The lowest BCUT2D eigenvalue weighted by Crippen LogP contribution is -2.19. The van der Waals surface area contributed by atoms with E-state index < -0.39 is 18.5 Å². The van der Waals surface area contributed by atoms with Crippen LogP contribution in [0.1, 0.15) is 81.5 Å². The van der Waals surface area contributed by atoms with E-state index in [2.05, 4.69) is 11.7 Å². The van der Waals surface area contributed by atoms with Crippen molar-refractivity contribution < 1.29 is 33.3 Å². The molecule has 0 spiro atoms. The number of rotatable bonds is 18. The number of hydrogen-bond acceptors (Lipinski definition) is 7. The fourth-order valence-electron chi connectivity index (χ4n) is 3.52. The summed E-state index contributed by atoms with van der Waals surface area (Å²) in [4.78, 5) is 34.6. The first kappa shape index (κ1) is 27.9.